The molecule has 2 aromatic carbocycles. The number of anilines is 1. The predicted octanol–water partition coefficient (Wildman–Crippen LogP) is 4.08. The van der Waals surface area contributed by atoms with Crippen LogP contribution in [-0.4, -0.2) is 49.0 Å². The van der Waals surface area contributed by atoms with Gasteiger partial charge in [0.1, 0.15) is 23.4 Å². The van der Waals surface area contributed by atoms with E-state index in [4.69, 9.17) is 4.74 Å². The lowest BCUT2D eigenvalue weighted by Crippen LogP contribution is -2.50. The van der Waals surface area contributed by atoms with Crippen LogP contribution in [0.4, 0.5) is 14.5 Å². The maximum Gasteiger partial charge on any atom is 0.306 e. The quantitative estimate of drug-likeness (QED) is 0.526. The van der Waals surface area contributed by atoms with Crippen molar-refractivity contribution >= 4 is 36.7 Å². The van der Waals surface area contributed by atoms with E-state index in [1.54, 1.807) is 12.1 Å². The minimum atomic E-state index is -2.30. The maximum atomic E-state index is 14.8. The Morgan fingerprint density at radius 2 is 1.73 bits per heavy atom. The number of amides is 2. The molecule has 1 aliphatic heterocycles. The van der Waals surface area contributed by atoms with E-state index in [1.165, 1.54) is 4.90 Å². The minimum Gasteiger partial charge on any atom is -0.494 e. The first-order chi connectivity index (χ1) is 17.4. The summed E-state index contributed by atoms with van der Waals surface area (Å²) >= 11 is 0. The summed E-state index contributed by atoms with van der Waals surface area (Å²) in [5, 5.41) is 11.9. The van der Waals surface area contributed by atoms with Gasteiger partial charge in [-0.25, -0.2) is 8.78 Å². The van der Waals surface area contributed by atoms with Crippen molar-refractivity contribution in [2.24, 2.45) is 11.8 Å². The number of nitrogens with one attached hydrogen (secondary N) is 1. The van der Waals surface area contributed by atoms with E-state index in [0.29, 0.717) is 24.3 Å². The van der Waals surface area contributed by atoms with Gasteiger partial charge in [0, 0.05) is 23.3 Å². The average Bonchev–Trinajstić information content (AvgIpc) is 2.75. The highest BCUT2D eigenvalue weighted by Gasteiger charge is 2.45. The molecular formula is C27H32F2N2O5Si. The first kappa shape index (κ1) is 26.8. The molecule has 0 bridgehead atoms. The molecule has 0 saturated heterocycles. The van der Waals surface area contributed by atoms with Crippen LogP contribution >= 0.6 is 0 Å². The topological polar surface area (TPSA) is 95.9 Å². The molecule has 1 atom stereocenters. The van der Waals surface area contributed by atoms with Gasteiger partial charge in [0.2, 0.25) is 5.91 Å². The molecule has 0 unspecified atom stereocenters. The lowest BCUT2D eigenvalue weighted by Gasteiger charge is -2.41. The van der Waals surface area contributed by atoms with Crippen LogP contribution in [0.5, 0.6) is 5.75 Å². The van der Waals surface area contributed by atoms with Crippen molar-refractivity contribution in [1.82, 2.24) is 4.90 Å². The Kier molecular flexibility index (Phi) is 7.41. The van der Waals surface area contributed by atoms with Gasteiger partial charge in [-0.1, -0.05) is 25.7 Å². The minimum absolute atomic E-state index is 0.0259. The fourth-order valence-corrected chi connectivity index (χ4v) is 6.79. The zero-order valence-corrected chi connectivity index (χ0v) is 22.4. The summed E-state index contributed by atoms with van der Waals surface area (Å²) in [5.41, 5.74) is 1.43. The second-order valence-corrected chi connectivity index (χ2v) is 15.7. The highest BCUT2D eigenvalue weighted by Crippen LogP contribution is 2.40. The fraction of sp³-hybridized carbons (Fsp3) is 0.444. The lowest BCUT2D eigenvalue weighted by atomic mass is 9.73. The third-order valence-corrected chi connectivity index (χ3v) is 9.06. The van der Waals surface area contributed by atoms with Crippen LogP contribution in [0.1, 0.15) is 36.9 Å². The molecule has 37 heavy (non-hydrogen) atoms. The molecule has 0 spiro atoms. The largest absolute Gasteiger partial charge is 0.494 e. The molecule has 1 fully saturated rings. The molecule has 2 aromatic rings. The normalized spacial score (nSPS) is 21.0. The number of carboxylic acid groups (broad SMARTS) is 1. The van der Waals surface area contributed by atoms with Gasteiger partial charge in [0.25, 0.3) is 5.91 Å². The Morgan fingerprint density at radius 1 is 1.08 bits per heavy atom. The van der Waals surface area contributed by atoms with Crippen molar-refractivity contribution in [3.8, 4) is 5.75 Å². The molecule has 10 heteroatoms. The Bertz CT molecular complexity index is 1220. The molecule has 1 saturated carbocycles. The number of hydrogen-bond acceptors (Lipinski definition) is 4. The van der Waals surface area contributed by atoms with Crippen LogP contribution in [0.3, 0.4) is 0 Å². The Balaban J connectivity index is 1.65. The third-order valence-electron chi connectivity index (χ3n) is 7.08. The number of ether oxygens (including phenoxy) is 1. The number of nitrogens with zero attached hydrogens (tertiary/aromatic N) is 1. The van der Waals surface area contributed by atoms with Crippen LogP contribution in [0.25, 0.3) is 0 Å². The van der Waals surface area contributed by atoms with E-state index in [-0.39, 0.29) is 36.2 Å². The third kappa shape index (κ3) is 5.39. The number of fused-ring (bicyclic) bond motifs is 1. The van der Waals surface area contributed by atoms with Crippen molar-refractivity contribution in [2.45, 2.75) is 51.9 Å². The Morgan fingerprint density at radius 3 is 2.30 bits per heavy atom. The zero-order chi connectivity index (χ0) is 27.1. The van der Waals surface area contributed by atoms with Gasteiger partial charge in [-0.05, 0) is 61.6 Å². The summed E-state index contributed by atoms with van der Waals surface area (Å²) in [4.78, 5) is 39.7. The number of carboxylic acids is 1. The number of carbonyl (C=O) groups is 3. The standard InChI is InChI=1S/C27H32F2N2O5Si/c1-5-36-19-6-7-20-15(12-19)8-9-31(26(33)16-10-17(11-16)27(34)35)23(20)25(32)30-18-13-21(28)24(22(29)14-18)37(2,3)4/h6-7,12-14,16-17,23H,5,8-11H2,1-4H3,(H,30,32)(H,34,35)/t16?,17?,23-/m1/s1. The maximum absolute atomic E-state index is 14.8. The van der Waals surface area contributed by atoms with E-state index in [2.05, 4.69) is 5.32 Å². The number of aliphatic carboxylic acids is 1. The molecule has 4 rings (SSSR count). The number of rotatable bonds is 7. The van der Waals surface area contributed by atoms with Crippen molar-refractivity contribution in [3.05, 3.63) is 53.1 Å². The lowest BCUT2D eigenvalue weighted by molar-refractivity contribution is -0.154. The number of benzene rings is 2. The summed E-state index contributed by atoms with van der Waals surface area (Å²) in [5.74, 6) is -3.62. The monoisotopic (exact) mass is 530 g/mol. The van der Waals surface area contributed by atoms with Gasteiger partial charge >= 0.3 is 5.97 Å². The Labute approximate surface area is 215 Å². The number of hydrogen-bond donors (Lipinski definition) is 2. The summed E-state index contributed by atoms with van der Waals surface area (Å²) in [6.45, 7) is 8.10. The SMILES string of the molecule is CCOc1ccc2c(c1)CCN(C(=O)C1CC(C(=O)O)C1)[C@H]2C(=O)Nc1cc(F)c([Si](C)(C)C)c(F)c1. The van der Waals surface area contributed by atoms with E-state index < -0.39 is 49.5 Å². The van der Waals surface area contributed by atoms with Crippen molar-refractivity contribution in [1.29, 1.82) is 0 Å². The Hall–Kier alpha value is -3.27. The molecule has 2 amide bonds. The summed E-state index contributed by atoms with van der Waals surface area (Å²) in [7, 11) is -2.30. The second-order valence-electron chi connectivity index (χ2n) is 10.7. The van der Waals surface area contributed by atoms with E-state index >= 15 is 0 Å². The van der Waals surface area contributed by atoms with Crippen molar-refractivity contribution < 1.29 is 33.0 Å². The van der Waals surface area contributed by atoms with Crippen LogP contribution < -0.4 is 15.2 Å². The average molecular weight is 531 g/mol. The summed E-state index contributed by atoms with van der Waals surface area (Å²) < 4.78 is 35.3. The molecule has 0 radical (unpaired) electrons. The molecule has 0 aromatic heterocycles. The first-order valence-electron chi connectivity index (χ1n) is 12.5. The van der Waals surface area contributed by atoms with Crippen molar-refractivity contribution in [2.75, 3.05) is 18.5 Å². The predicted molar refractivity (Wildman–Crippen MR) is 138 cm³/mol. The van der Waals surface area contributed by atoms with Gasteiger partial charge in [-0.15, -0.1) is 0 Å². The van der Waals surface area contributed by atoms with Gasteiger partial charge in [-0.2, -0.15) is 0 Å². The number of halogens is 2. The molecular weight excluding hydrogens is 498 g/mol. The first-order valence-corrected chi connectivity index (χ1v) is 16.0. The molecule has 7 nitrogen and oxygen atoms in total. The summed E-state index contributed by atoms with van der Waals surface area (Å²) in [6.07, 6.45) is 0.947. The highest BCUT2D eigenvalue weighted by molar-refractivity contribution is 6.88. The van der Waals surface area contributed by atoms with Crippen LogP contribution in [0.15, 0.2) is 30.3 Å². The molecule has 198 valence electrons. The van der Waals surface area contributed by atoms with E-state index in [1.807, 2.05) is 32.6 Å². The van der Waals surface area contributed by atoms with Crippen LogP contribution in [0.2, 0.25) is 19.6 Å². The second kappa shape index (κ2) is 10.2. The highest BCUT2D eigenvalue weighted by atomic mass is 28.3. The molecule has 1 aliphatic carbocycles. The van der Waals surface area contributed by atoms with Gasteiger partial charge in [-0.3, -0.25) is 14.4 Å². The van der Waals surface area contributed by atoms with Crippen molar-refractivity contribution in [3.63, 3.8) is 0 Å². The molecule has 2 aliphatic rings. The number of carbonyl (C=O) groups excluding carboxylic acids is 2. The summed E-state index contributed by atoms with van der Waals surface area (Å²) in [6, 6.07) is 6.51. The fourth-order valence-electron chi connectivity index (χ4n) is 5.21. The van der Waals surface area contributed by atoms with Gasteiger partial charge in [0.15, 0.2) is 0 Å². The van der Waals surface area contributed by atoms with Crippen LogP contribution in [0, 0.1) is 23.5 Å². The molecule has 2 N–H and O–H groups in total. The van der Waals surface area contributed by atoms with Gasteiger partial charge < -0.3 is 20.1 Å². The van der Waals surface area contributed by atoms with Gasteiger partial charge in [0.05, 0.1) is 20.6 Å². The van der Waals surface area contributed by atoms with E-state index in [0.717, 1.165) is 17.7 Å². The smallest absolute Gasteiger partial charge is 0.306 e. The molecule has 1 heterocycles. The van der Waals surface area contributed by atoms with Crippen LogP contribution in [-0.2, 0) is 20.8 Å². The van der Waals surface area contributed by atoms with E-state index in [9.17, 15) is 28.3 Å². The zero-order valence-electron chi connectivity index (χ0n) is 21.4.